The van der Waals surface area contributed by atoms with Gasteiger partial charge < -0.3 is 10.5 Å². The lowest BCUT2D eigenvalue weighted by molar-refractivity contribution is 0.300. The SMILES string of the molecule is NCCc1ccc(OCc2cccc(Cl)c2F)cc1. The summed E-state index contributed by atoms with van der Waals surface area (Å²) in [4.78, 5) is 0. The molecular formula is C15H15ClFNO. The predicted molar refractivity (Wildman–Crippen MR) is 74.9 cm³/mol. The van der Waals surface area contributed by atoms with Gasteiger partial charge in [0.1, 0.15) is 18.2 Å². The molecule has 4 heteroatoms. The molecule has 0 aromatic heterocycles. The summed E-state index contributed by atoms with van der Waals surface area (Å²) < 4.78 is 19.2. The summed E-state index contributed by atoms with van der Waals surface area (Å²) in [6.07, 6.45) is 0.837. The number of halogens is 2. The summed E-state index contributed by atoms with van der Waals surface area (Å²) in [6, 6.07) is 12.5. The summed E-state index contributed by atoms with van der Waals surface area (Å²) in [6.45, 7) is 0.774. The summed E-state index contributed by atoms with van der Waals surface area (Å²) in [5.74, 6) is 0.268. The zero-order chi connectivity index (χ0) is 13.7. The molecule has 2 aromatic rings. The molecule has 2 nitrogen and oxygen atoms in total. The van der Waals surface area contributed by atoms with Crippen molar-refractivity contribution in [2.24, 2.45) is 5.73 Å². The first-order valence-corrected chi connectivity index (χ1v) is 6.43. The van der Waals surface area contributed by atoms with Crippen LogP contribution in [0.4, 0.5) is 4.39 Å². The molecule has 0 spiro atoms. The largest absolute Gasteiger partial charge is 0.489 e. The molecule has 2 N–H and O–H groups in total. The van der Waals surface area contributed by atoms with Gasteiger partial charge in [0, 0.05) is 5.56 Å². The molecule has 0 bridgehead atoms. The van der Waals surface area contributed by atoms with E-state index in [2.05, 4.69) is 0 Å². The smallest absolute Gasteiger partial charge is 0.148 e. The Morgan fingerprint density at radius 1 is 1.11 bits per heavy atom. The van der Waals surface area contributed by atoms with Crippen molar-refractivity contribution >= 4 is 11.6 Å². The molecule has 0 aliphatic heterocycles. The highest BCUT2D eigenvalue weighted by Crippen LogP contribution is 2.20. The van der Waals surface area contributed by atoms with Crippen molar-refractivity contribution in [1.82, 2.24) is 0 Å². The third-order valence-electron chi connectivity index (χ3n) is 2.78. The molecule has 0 fully saturated rings. The van der Waals surface area contributed by atoms with E-state index in [1.54, 1.807) is 12.1 Å². The first kappa shape index (κ1) is 13.8. The topological polar surface area (TPSA) is 35.2 Å². The van der Waals surface area contributed by atoms with Crippen LogP contribution in [0.15, 0.2) is 42.5 Å². The average molecular weight is 280 g/mol. The molecule has 2 aromatic carbocycles. The van der Waals surface area contributed by atoms with E-state index in [4.69, 9.17) is 22.1 Å². The van der Waals surface area contributed by atoms with E-state index in [0.717, 1.165) is 12.0 Å². The predicted octanol–water partition coefficient (Wildman–Crippen LogP) is 3.56. The maximum Gasteiger partial charge on any atom is 0.148 e. The molecule has 0 heterocycles. The molecule has 0 amide bonds. The molecule has 0 saturated heterocycles. The monoisotopic (exact) mass is 279 g/mol. The normalized spacial score (nSPS) is 10.5. The van der Waals surface area contributed by atoms with Crippen LogP contribution in [-0.4, -0.2) is 6.54 Å². The van der Waals surface area contributed by atoms with E-state index in [0.29, 0.717) is 17.9 Å². The molecule has 100 valence electrons. The minimum absolute atomic E-state index is 0.111. The van der Waals surface area contributed by atoms with Gasteiger partial charge in [0.05, 0.1) is 5.02 Å². The molecule has 0 saturated carbocycles. The Labute approximate surface area is 117 Å². The molecular weight excluding hydrogens is 265 g/mol. The van der Waals surface area contributed by atoms with Crippen molar-refractivity contribution in [3.8, 4) is 5.75 Å². The van der Waals surface area contributed by atoms with Crippen LogP contribution in [-0.2, 0) is 13.0 Å². The number of nitrogens with two attached hydrogens (primary N) is 1. The van der Waals surface area contributed by atoms with Crippen molar-refractivity contribution in [3.63, 3.8) is 0 Å². The van der Waals surface area contributed by atoms with Gasteiger partial charge in [0.2, 0.25) is 0 Å². The third kappa shape index (κ3) is 3.69. The van der Waals surface area contributed by atoms with Gasteiger partial charge in [-0.25, -0.2) is 4.39 Å². The van der Waals surface area contributed by atoms with Gasteiger partial charge in [0.25, 0.3) is 0 Å². The van der Waals surface area contributed by atoms with Crippen molar-refractivity contribution in [1.29, 1.82) is 0 Å². The van der Waals surface area contributed by atoms with Gasteiger partial charge in [0.15, 0.2) is 0 Å². The van der Waals surface area contributed by atoms with Crippen molar-refractivity contribution < 1.29 is 9.13 Å². The maximum atomic E-state index is 13.6. The highest BCUT2D eigenvalue weighted by molar-refractivity contribution is 6.30. The average Bonchev–Trinajstić information content (AvgIpc) is 2.42. The van der Waals surface area contributed by atoms with Crippen LogP contribution >= 0.6 is 11.6 Å². The zero-order valence-electron chi connectivity index (χ0n) is 10.4. The zero-order valence-corrected chi connectivity index (χ0v) is 11.2. The summed E-state index contributed by atoms with van der Waals surface area (Å²) >= 11 is 5.71. The second-order valence-electron chi connectivity index (χ2n) is 4.18. The molecule has 0 aliphatic carbocycles. The van der Waals surface area contributed by atoms with Gasteiger partial charge in [-0.3, -0.25) is 0 Å². The van der Waals surface area contributed by atoms with Crippen LogP contribution in [0.1, 0.15) is 11.1 Å². The highest BCUT2D eigenvalue weighted by atomic mass is 35.5. The molecule has 0 radical (unpaired) electrons. The van der Waals surface area contributed by atoms with Gasteiger partial charge in [-0.05, 0) is 36.7 Å². The number of rotatable bonds is 5. The number of hydrogen-bond donors (Lipinski definition) is 1. The van der Waals surface area contributed by atoms with Gasteiger partial charge >= 0.3 is 0 Å². The fourth-order valence-electron chi connectivity index (χ4n) is 1.74. The minimum Gasteiger partial charge on any atom is -0.489 e. The number of benzene rings is 2. The Kier molecular flexibility index (Phi) is 4.77. The second kappa shape index (κ2) is 6.55. The number of hydrogen-bond acceptors (Lipinski definition) is 2. The summed E-state index contributed by atoms with van der Waals surface area (Å²) in [5, 5.41) is 0.111. The Morgan fingerprint density at radius 3 is 2.53 bits per heavy atom. The summed E-state index contributed by atoms with van der Waals surface area (Å²) in [5.41, 5.74) is 7.08. The second-order valence-corrected chi connectivity index (χ2v) is 4.59. The standard InChI is InChI=1S/C15H15ClFNO/c16-14-3-1-2-12(15(14)17)10-19-13-6-4-11(5-7-13)8-9-18/h1-7H,8-10,18H2. The molecule has 0 unspecified atom stereocenters. The Morgan fingerprint density at radius 2 is 1.84 bits per heavy atom. The first-order chi connectivity index (χ1) is 9.20. The lowest BCUT2D eigenvalue weighted by atomic mass is 10.1. The lowest BCUT2D eigenvalue weighted by Crippen LogP contribution is -2.02. The van der Waals surface area contributed by atoms with Gasteiger partial charge in [-0.2, -0.15) is 0 Å². The van der Waals surface area contributed by atoms with Crippen LogP contribution < -0.4 is 10.5 Å². The van der Waals surface area contributed by atoms with Crippen molar-refractivity contribution in [3.05, 3.63) is 64.4 Å². The van der Waals surface area contributed by atoms with Crippen LogP contribution in [0.3, 0.4) is 0 Å². The van der Waals surface area contributed by atoms with Crippen molar-refractivity contribution in [2.45, 2.75) is 13.0 Å². The molecule has 0 atom stereocenters. The molecule has 19 heavy (non-hydrogen) atoms. The van der Waals surface area contributed by atoms with Crippen LogP contribution in [0, 0.1) is 5.82 Å². The van der Waals surface area contributed by atoms with E-state index in [9.17, 15) is 4.39 Å². The molecule has 2 rings (SSSR count). The van der Waals surface area contributed by atoms with E-state index in [1.807, 2.05) is 24.3 Å². The first-order valence-electron chi connectivity index (χ1n) is 6.05. The fraction of sp³-hybridized carbons (Fsp3) is 0.200. The van der Waals surface area contributed by atoms with E-state index in [-0.39, 0.29) is 11.6 Å². The lowest BCUT2D eigenvalue weighted by Gasteiger charge is -2.08. The van der Waals surface area contributed by atoms with E-state index >= 15 is 0 Å². The Bertz CT molecular complexity index is 542. The highest BCUT2D eigenvalue weighted by Gasteiger charge is 2.06. The minimum atomic E-state index is -0.427. The van der Waals surface area contributed by atoms with E-state index < -0.39 is 5.82 Å². The summed E-state index contributed by atoms with van der Waals surface area (Å²) in [7, 11) is 0. The fourth-order valence-corrected chi connectivity index (χ4v) is 1.93. The third-order valence-corrected chi connectivity index (χ3v) is 3.07. The quantitative estimate of drug-likeness (QED) is 0.908. The van der Waals surface area contributed by atoms with Crippen LogP contribution in [0.5, 0.6) is 5.75 Å². The van der Waals surface area contributed by atoms with Crippen molar-refractivity contribution in [2.75, 3.05) is 6.54 Å². The van der Waals surface area contributed by atoms with Gasteiger partial charge in [-0.15, -0.1) is 0 Å². The Balaban J connectivity index is 2.00. The number of ether oxygens (including phenoxy) is 1. The van der Waals surface area contributed by atoms with E-state index in [1.165, 1.54) is 6.07 Å². The van der Waals surface area contributed by atoms with Crippen LogP contribution in [0.2, 0.25) is 5.02 Å². The Hall–Kier alpha value is -1.58. The van der Waals surface area contributed by atoms with Gasteiger partial charge in [-0.1, -0.05) is 35.9 Å². The molecule has 0 aliphatic rings. The maximum absolute atomic E-state index is 13.6. The van der Waals surface area contributed by atoms with Crippen LogP contribution in [0.25, 0.3) is 0 Å².